The number of ether oxygens (including phenoxy) is 1. The third-order valence-corrected chi connectivity index (χ3v) is 5.20. The Bertz CT molecular complexity index is 1140. The molecule has 0 fully saturated rings. The summed E-state index contributed by atoms with van der Waals surface area (Å²) in [5.74, 6) is 0.817. The molecule has 6 heteroatoms. The zero-order valence-corrected chi connectivity index (χ0v) is 17.4. The van der Waals surface area contributed by atoms with Crippen LogP contribution in [0.25, 0.3) is 11.1 Å². The SMILES string of the molecule is O=C(COc1ccc(-c2ccccc2)cc1)N/N=C/c1ccc(Sc2ccccc2)o1. The highest BCUT2D eigenvalue weighted by atomic mass is 32.2. The summed E-state index contributed by atoms with van der Waals surface area (Å²) >= 11 is 1.52. The minimum atomic E-state index is -0.353. The Morgan fingerprint density at radius 3 is 2.29 bits per heavy atom. The second kappa shape index (κ2) is 10.3. The topological polar surface area (TPSA) is 63.8 Å². The Morgan fingerprint density at radius 2 is 1.55 bits per heavy atom. The number of rotatable bonds is 8. The number of hydrogen-bond acceptors (Lipinski definition) is 5. The Kier molecular flexibility index (Phi) is 6.82. The molecule has 1 aromatic heterocycles. The summed E-state index contributed by atoms with van der Waals surface area (Å²) in [6.45, 7) is -0.130. The first-order valence-electron chi connectivity index (χ1n) is 9.69. The fraction of sp³-hybridized carbons (Fsp3) is 0.0400. The van der Waals surface area contributed by atoms with Crippen molar-refractivity contribution in [3.63, 3.8) is 0 Å². The molecule has 4 rings (SSSR count). The van der Waals surface area contributed by atoms with Gasteiger partial charge in [0.05, 0.1) is 6.21 Å². The summed E-state index contributed by atoms with van der Waals surface area (Å²) in [7, 11) is 0. The standard InChI is InChI=1S/C25H20N2O3S/c28-24(18-29-21-13-11-20(12-14-21)19-7-3-1-4-8-19)27-26-17-22-15-16-25(30-22)31-23-9-5-2-6-10-23/h1-17H,18H2,(H,27,28)/b26-17+. The number of carbonyl (C=O) groups is 1. The van der Waals surface area contributed by atoms with E-state index < -0.39 is 0 Å². The zero-order valence-electron chi connectivity index (χ0n) is 16.6. The molecule has 0 unspecified atom stereocenters. The normalized spacial score (nSPS) is 10.8. The van der Waals surface area contributed by atoms with Crippen molar-refractivity contribution in [1.82, 2.24) is 5.43 Å². The second-order valence-electron chi connectivity index (χ2n) is 6.54. The molecule has 0 bridgehead atoms. The van der Waals surface area contributed by atoms with Gasteiger partial charge in [0.2, 0.25) is 0 Å². The van der Waals surface area contributed by atoms with Crippen LogP contribution in [0.15, 0.2) is 117 Å². The van der Waals surface area contributed by atoms with Crippen LogP contribution in [-0.4, -0.2) is 18.7 Å². The van der Waals surface area contributed by atoms with Crippen molar-refractivity contribution in [1.29, 1.82) is 0 Å². The van der Waals surface area contributed by atoms with Gasteiger partial charge in [-0.05, 0) is 47.5 Å². The molecule has 0 aliphatic carbocycles. The van der Waals surface area contributed by atoms with E-state index in [9.17, 15) is 4.79 Å². The number of nitrogens with zero attached hydrogens (tertiary/aromatic N) is 1. The van der Waals surface area contributed by atoms with Crippen LogP contribution in [0.5, 0.6) is 5.75 Å². The molecule has 5 nitrogen and oxygen atoms in total. The smallest absolute Gasteiger partial charge is 0.277 e. The number of hydrazone groups is 1. The number of nitrogens with one attached hydrogen (secondary N) is 1. The average Bonchev–Trinajstić information content (AvgIpc) is 3.26. The maximum absolute atomic E-state index is 12.0. The molecule has 1 heterocycles. The van der Waals surface area contributed by atoms with E-state index >= 15 is 0 Å². The van der Waals surface area contributed by atoms with E-state index in [1.165, 1.54) is 18.0 Å². The molecule has 0 atom stereocenters. The summed E-state index contributed by atoms with van der Waals surface area (Å²) in [6, 6.07) is 31.3. The van der Waals surface area contributed by atoms with E-state index in [1.54, 1.807) is 6.07 Å². The van der Waals surface area contributed by atoms with Crippen LogP contribution in [0.4, 0.5) is 0 Å². The van der Waals surface area contributed by atoms with Gasteiger partial charge in [0.25, 0.3) is 5.91 Å². The van der Waals surface area contributed by atoms with Gasteiger partial charge in [-0.15, -0.1) is 0 Å². The molecule has 0 saturated carbocycles. The van der Waals surface area contributed by atoms with E-state index in [4.69, 9.17) is 9.15 Å². The summed E-state index contributed by atoms with van der Waals surface area (Å²) in [5, 5.41) is 4.67. The molecule has 1 amide bonds. The minimum Gasteiger partial charge on any atom is -0.484 e. The van der Waals surface area contributed by atoms with Crippen molar-refractivity contribution < 1.29 is 13.9 Å². The molecule has 154 valence electrons. The molecular weight excluding hydrogens is 408 g/mol. The van der Waals surface area contributed by atoms with Crippen LogP contribution in [-0.2, 0) is 4.79 Å². The van der Waals surface area contributed by atoms with Crippen LogP contribution in [0, 0.1) is 0 Å². The van der Waals surface area contributed by atoms with Crippen LogP contribution >= 0.6 is 11.8 Å². The molecule has 0 aliphatic rings. The molecule has 0 aliphatic heterocycles. The molecule has 0 spiro atoms. The number of hydrogen-bond donors (Lipinski definition) is 1. The molecular formula is C25H20N2O3S. The summed E-state index contributed by atoms with van der Waals surface area (Å²) in [5.41, 5.74) is 4.65. The number of furan rings is 1. The van der Waals surface area contributed by atoms with Gasteiger partial charge < -0.3 is 9.15 Å². The van der Waals surface area contributed by atoms with Crippen molar-refractivity contribution in [3.05, 3.63) is 103 Å². The lowest BCUT2D eigenvalue weighted by atomic mass is 10.1. The Labute approximate surface area is 184 Å². The van der Waals surface area contributed by atoms with Crippen molar-refractivity contribution in [2.24, 2.45) is 5.10 Å². The van der Waals surface area contributed by atoms with Crippen LogP contribution in [0.3, 0.4) is 0 Å². The number of benzene rings is 3. The molecule has 0 radical (unpaired) electrons. The third-order valence-electron chi connectivity index (χ3n) is 4.28. The summed E-state index contributed by atoms with van der Waals surface area (Å²) in [4.78, 5) is 13.0. The van der Waals surface area contributed by atoms with Gasteiger partial charge in [0.15, 0.2) is 11.7 Å². The van der Waals surface area contributed by atoms with Gasteiger partial charge >= 0.3 is 0 Å². The van der Waals surface area contributed by atoms with E-state index in [0.717, 1.165) is 21.1 Å². The first kappa shape index (κ1) is 20.5. The minimum absolute atomic E-state index is 0.130. The van der Waals surface area contributed by atoms with Gasteiger partial charge in [-0.2, -0.15) is 5.10 Å². The van der Waals surface area contributed by atoms with Crippen molar-refractivity contribution in [2.45, 2.75) is 9.99 Å². The third kappa shape index (κ3) is 6.10. The van der Waals surface area contributed by atoms with E-state index in [-0.39, 0.29) is 12.5 Å². The Balaban J connectivity index is 1.23. The van der Waals surface area contributed by atoms with Gasteiger partial charge in [-0.25, -0.2) is 5.43 Å². The van der Waals surface area contributed by atoms with Crippen LogP contribution in [0.1, 0.15) is 5.76 Å². The molecule has 0 saturated heterocycles. The van der Waals surface area contributed by atoms with E-state index in [1.807, 2.05) is 91.0 Å². The first-order chi connectivity index (χ1) is 15.3. The van der Waals surface area contributed by atoms with Crippen molar-refractivity contribution >= 4 is 23.9 Å². The van der Waals surface area contributed by atoms with Crippen molar-refractivity contribution in [2.75, 3.05) is 6.61 Å². The highest BCUT2D eigenvalue weighted by Gasteiger charge is 2.04. The van der Waals surface area contributed by atoms with E-state index in [2.05, 4.69) is 10.5 Å². The molecule has 4 aromatic rings. The largest absolute Gasteiger partial charge is 0.484 e. The second-order valence-corrected chi connectivity index (χ2v) is 7.62. The maximum atomic E-state index is 12.0. The molecule has 3 aromatic carbocycles. The van der Waals surface area contributed by atoms with Gasteiger partial charge in [0.1, 0.15) is 11.5 Å². The highest BCUT2D eigenvalue weighted by Crippen LogP contribution is 2.28. The van der Waals surface area contributed by atoms with E-state index in [0.29, 0.717) is 11.5 Å². The van der Waals surface area contributed by atoms with Gasteiger partial charge in [-0.1, -0.05) is 72.4 Å². The highest BCUT2D eigenvalue weighted by molar-refractivity contribution is 7.99. The fourth-order valence-corrected chi connectivity index (χ4v) is 3.59. The quantitative estimate of drug-likeness (QED) is 0.292. The fourth-order valence-electron chi connectivity index (χ4n) is 2.79. The number of amides is 1. The van der Waals surface area contributed by atoms with Crippen LogP contribution in [0.2, 0.25) is 0 Å². The lowest BCUT2D eigenvalue weighted by Gasteiger charge is -2.06. The average molecular weight is 429 g/mol. The van der Waals surface area contributed by atoms with Crippen molar-refractivity contribution in [3.8, 4) is 16.9 Å². The monoisotopic (exact) mass is 428 g/mol. The van der Waals surface area contributed by atoms with Gasteiger partial charge in [-0.3, -0.25) is 4.79 Å². The lowest BCUT2D eigenvalue weighted by molar-refractivity contribution is -0.123. The van der Waals surface area contributed by atoms with Crippen LogP contribution < -0.4 is 10.2 Å². The molecule has 31 heavy (non-hydrogen) atoms. The zero-order chi connectivity index (χ0) is 21.3. The summed E-state index contributed by atoms with van der Waals surface area (Å²) in [6.07, 6.45) is 1.46. The summed E-state index contributed by atoms with van der Waals surface area (Å²) < 4.78 is 11.2. The molecule has 1 N–H and O–H groups in total. The number of carbonyl (C=O) groups excluding carboxylic acids is 1. The maximum Gasteiger partial charge on any atom is 0.277 e. The lowest BCUT2D eigenvalue weighted by Crippen LogP contribution is -2.24. The predicted octanol–water partition coefficient (Wildman–Crippen LogP) is 5.63. The predicted molar refractivity (Wildman–Crippen MR) is 122 cm³/mol. The Morgan fingerprint density at radius 1 is 0.871 bits per heavy atom. The Hall–Kier alpha value is -3.77. The van der Waals surface area contributed by atoms with Gasteiger partial charge in [0, 0.05) is 4.90 Å². The first-order valence-corrected chi connectivity index (χ1v) is 10.5.